The molecular formula is C14H22N4O. The van der Waals surface area contributed by atoms with Crippen molar-refractivity contribution < 1.29 is 4.79 Å². The Hall–Kier alpha value is -1.36. The van der Waals surface area contributed by atoms with Crippen molar-refractivity contribution >= 4 is 5.91 Å². The summed E-state index contributed by atoms with van der Waals surface area (Å²) in [7, 11) is 0. The maximum absolute atomic E-state index is 11.8. The molecule has 0 aliphatic carbocycles. The van der Waals surface area contributed by atoms with E-state index in [0.717, 1.165) is 56.8 Å². The second kappa shape index (κ2) is 5.33. The monoisotopic (exact) mass is 262 g/mol. The van der Waals surface area contributed by atoms with Gasteiger partial charge in [0.15, 0.2) is 0 Å². The van der Waals surface area contributed by atoms with Crippen LogP contribution in [0.5, 0.6) is 0 Å². The van der Waals surface area contributed by atoms with E-state index in [1.807, 2.05) is 0 Å². The number of likely N-dealkylation sites (tertiary alicyclic amines) is 2. The highest BCUT2D eigenvalue weighted by Gasteiger charge is 2.31. The first-order valence-electron chi connectivity index (χ1n) is 7.24. The minimum absolute atomic E-state index is 0.350. The van der Waals surface area contributed by atoms with Crippen LogP contribution in [0.4, 0.5) is 0 Å². The Morgan fingerprint density at radius 2 is 2.32 bits per heavy atom. The lowest BCUT2D eigenvalue weighted by Crippen LogP contribution is -2.48. The van der Waals surface area contributed by atoms with Crippen LogP contribution < -0.4 is 0 Å². The summed E-state index contributed by atoms with van der Waals surface area (Å²) in [4.78, 5) is 23.9. The number of rotatable bonds is 3. The molecule has 1 atom stereocenters. The smallest absolute Gasteiger partial charge is 0.222 e. The van der Waals surface area contributed by atoms with Gasteiger partial charge in [-0.15, -0.1) is 0 Å². The van der Waals surface area contributed by atoms with Gasteiger partial charge in [0.2, 0.25) is 5.91 Å². The standard InChI is InChI=1S/C14H22N4O/c1-11-13(16-10-15-11)9-17-6-2-4-12(8-17)18-7-3-5-14(18)19/h10,12H,2-9H2,1H3,(H,15,16). The number of piperidine rings is 1. The van der Waals surface area contributed by atoms with Crippen LogP contribution in [0.3, 0.4) is 0 Å². The van der Waals surface area contributed by atoms with E-state index in [2.05, 4.69) is 26.7 Å². The number of amides is 1. The van der Waals surface area contributed by atoms with E-state index in [1.165, 1.54) is 6.42 Å². The predicted molar refractivity (Wildman–Crippen MR) is 72.6 cm³/mol. The minimum Gasteiger partial charge on any atom is -0.348 e. The van der Waals surface area contributed by atoms with Crippen molar-refractivity contribution in [3.05, 3.63) is 17.7 Å². The molecule has 104 valence electrons. The summed E-state index contributed by atoms with van der Waals surface area (Å²) in [5.74, 6) is 0.350. The normalized spacial score (nSPS) is 25.2. The number of H-pyrrole nitrogens is 1. The highest BCUT2D eigenvalue weighted by Crippen LogP contribution is 2.22. The van der Waals surface area contributed by atoms with Crippen LogP contribution in [0.1, 0.15) is 37.1 Å². The molecule has 1 aromatic rings. The highest BCUT2D eigenvalue weighted by atomic mass is 16.2. The Morgan fingerprint density at radius 1 is 1.42 bits per heavy atom. The van der Waals surface area contributed by atoms with Crippen molar-refractivity contribution in [1.82, 2.24) is 19.8 Å². The van der Waals surface area contributed by atoms with Gasteiger partial charge < -0.3 is 9.88 Å². The summed E-state index contributed by atoms with van der Waals surface area (Å²) in [5.41, 5.74) is 2.28. The Labute approximate surface area is 114 Å². The lowest BCUT2D eigenvalue weighted by Gasteiger charge is -2.37. The average Bonchev–Trinajstić information content (AvgIpc) is 3.00. The number of carbonyl (C=O) groups excluding carboxylic acids is 1. The van der Waals surface area contributed by atoms with Gasteiger partial charge in [0.05, 0.1) is 12.0 Å². The number of aryl methyl sites for hydroxylation is 1. The van der Waals surface area contributed by atoms with E-state index in [1.54, 1.807) is 6.33 Å². The van der Waals surface area contributed by atoms with Gasteiger partial charge in [-0.3, -0.25) is 9.69 Å². The number of aromatic amines is 1. The van der Waals surface area contributed by atoms with Crippen LogP contribution in [0, 0.1) is 6.92 Å². The highest BCUT2D eigenvalue weighted by molar-refractivity contribution is 5.78. The third kappa shape index (κ3) is 2.66. The van der Waals surface area contributed by atoms with Crippen LogP contribution in [0.15, 0.2) is 6.33 Å². The Balaban J connectivity index is 1.62. The fraction of sp³-hybridized carbons (Fsp3) is 0.714. The SMILES string of the molecule is Cc1[nH]cnc1CN1CCCC(N2CCCC2=O)C1. The van der Waals surface area contributed by atoms with Gasteiger partial charge >= 0.3 is 0 Å². The number of nitrogens with zero attached hydrogens (tertiary/aromatic N) is 3. The summed E-state index contributed by atoms with van der Waals surface area (Å²) < 4.78 is 0. The lowest BCUT2D eigenvalue weighted by molar-refractivity contribution is -0.130. The molecule has 5 nitrogen and oxygen atoms in total. The summed E-state index contributed by atoms with van der Waals surface area (Å²) in [6.45, 7) is 6.03. The van der Waals surface area contributed by atoms with Crippen LogP contribution in [-0.2, 0) is 11.3 Å². The van der Waals surface area contributed by atoms with E-state index in [9.17, 15) is 4.79 Å². The molecule has 1 unspecified atom stereocenters. The van der Waals surface area contributed by atoms with E-state index < -0.39 is 0 Å². The van der Waals surface area contributed by atoms with Crippen molar-refractivity contribution in [2.24, 2.45) is 0 Å². The van der Waals surface area contributed by atoms with Gasteiger partial charge in [-0.2, -0.15) is 0 Å². The summed E-state index contributed by atoms with van der Waals surface area (Å²) in [5, 5.41) is 0. The zero-order valence-electron chi connectivity index (χ0n) is 11.6. The fourth-order valence-electron chi connectivity index (χ4n) is 3.24. The predicted octanol–water partition coefficient (Wildman–Crippen LogP) is 1.30. The van der Waals surface area contributed by atoms with Gasteiger partial charge in [0.25, 0.3) is 0 Å². The summed E-state index contributed by atoms with van der Waals surface area (Å²) in [6.07, 6.45) is 5.87. The molecule has 2 saturated heterocycles. The lowest BCUT2D eigenvalue weighted by atomic mass is 10.0. The summed E-state index contributed by atoms with van der Waals surface area (Å²) in [6, 6.07) is 0.419. The quantitative estimate of drug-likeness (QED) is 0.893. The molecule has 0 aromatic carbocycles. The second-order valence-electron chi connectivity index (χ2n) is 5.70. The third-order valence-electron chi connectivity index (χ3n) is 4.34. The number of hydrogen-bond donors (Lipinski definition) is 1. The van der Waals surface area contributed by atoms with Crippen LogP contribution in [0.25, 0.3) is 0 Å². The van der Waals surface area contributed by atoms with Crippen molar-refractivity contribution in [3.8, 4) is 0 Å². The van der Waals surface area contributed by atoms with Crippen LogP contribution in [0.2, 0.25) is 0 Å². The Bertz CT molecular complexity index is 456. The molecular weight excluding hydrogens is 240 g/mol. The largest absolute Gasteiger partial charge is 0.348 e. The van der Waals surface area contributed by atoms with E-state index in [-0.39, 0.29) is 0 Å². The maximum atomic E-state index is 11.8. The van der Waals surface area contributed by atoms with E-state index >= 15 is 0 Å². The molecule has 1 N–H and O–H groups in total. The maximum Gasteiger partial charge on any atom is 0.222 e. The Kier molecular flexibility index (Phi) is 3.55. The van der Waals surface area contributed by atoms with Crippen molar-refractivity contribution in [1.29, 1.82) is 0 Å². The number of nitrogens with one attached hydrogen (secondary N) is 1. The molecule has 1 aromatic heterocycles. The van der Waals surface area contributed by atoms with Crippen LogP contribution >= 0.6 is 0 Å². The molecule has 19 heavy (non-hydrogen) atoms. The van der Waals surface area contributed by atoms with Crippen molar-refractivity contribution in [2.45, 2.75) is 45.2 Å². The van der Waals surface area contributed by atoms with E-state index in [0.29, 0.717) is 11.9 Å². The van der Waals surface area contributed by atoms with Gasteiger partial charge in [-0.1, -0.05) is 0 Å². The zero-order valence-corrected chi connectivity index (χ0v) is 11.6. The van der Waals surface area contributed by atoms with Crippen molar-refractivity contribution in [2.75, 3.05) is 19.6 Å². The molecule has 0 spiro atoms. The van der Waals surface area contributed by atoms with E-state index in [4.69, 9.17) is 0 Å². The molecule has 0 radical (unpaired) electrons. The first-order chi connectivity index (χ1) is 9.24. The number of aromatic nitrogens is 2. The fourth-order valence-corrected chi connectivity index (χ4v) is 3.24. The second-order valence-corrected chi connectivity index (χ2v) is 5.70. The summed E-state index contributed by atoms with van der Waals surface area (Å²) >= 11 is 0. The Morgan fingerprint density at radius 3 is 3.00 bits per heavy atom. The molecule has 0 saturated carbocycles. The average molecular weight is 262 g/mol. The molecule has 5 heteroatoms. The minimum atomic E-state index is 0.350. The number of imidazole rings is 1. The first kappa shape index (κ1) is 12.7. The molecule has 3 heterocycles. The van der Waals surface area contributed by atoms with Gasteiger partial charge in [0, 0.05) is 37.8 Å². The number of hydrogen-bond acceptors (Lipinski definition) is 3. The van der Waals surface area contributed by atoms with Crippen molar-refractivity contribution in [3.63, 3.8) is 0 Å². The van der Waals surface area contributed by atoms with Gasteiger partial charge in [-0.25, -0.2) is 4.98 Å². The molecule has 2 fully saturated rings. The van der Waals surface area contributed by atoms with Crippen LogP contribution in [-0.4, -0.2) is 51.4 Å². The topological polar surface area (TPSA) is 52.2 Å². The van der Waals surface area contributed by atoms with Gasteiger partial charge in [0.1, 0.15) is 0 Å². The molecule has 3 rings (SSSR count). The molecule has 2 aliphatic rings. The zero-order chi connectivity index (χ0) is 13.2. The first-order valence-corrected chi connectivity index (χ1v) is 7.24. The molecule has 1 amide bonds. The molecule has 0 bridgehead atoms. The number of carbonyl (C=O) groups is 1. The van der Waals surface area contributed by atoms with Gasteiger partial charge in [-0.05, 0) is 32.7 Å². The third-order valence-corrected chi connectivity index (χ3v) is 4.34. The molecule has 2 aliphatic heterocycles.